The van der Waals surface area contributed by atoms with Crippen LogP contribution in [0.2, 0.25) is 0 Å². The Kier molecular flexibility index (Phi) is 4.33. The number of benzene rings is 1. The monoisotopic (exact) mass is 262 g/mol. The van der Waals surface area contributed by atoms with Crippen LogP contribution in [0.1, 0.15) is 29.2 Å². The van der Waals surface area contributed by atoms with Crippen LogP contribution < -0.4 is 10.5 Å². The SMILES string of the molecule is Cc1ccc(OCCc2nc(C(C)N)cs2)cc1. The molecule has 2 rings (SSSR count). The molecule has 0 saturated carbocycles. The van der Waals surface area contributed by atoms with Crippen LogP contribution in [-0.4, -0.2) is 11.6 Å². The highest BCUT2D eigenvalue weighted by molar-refractivity contribution is 7.09. The van der Waals surface area contributed by atoms with Gasteiger partial charge in [0.2, 0.25) is 0 Å². The maximum absolute atomic E-state index is 5.77. The molecule has 0 saturated heterocycles. The Morgan fingerprint density at radius 3 is 2.67 bits per heavy atom. The van der Waals surface area contributed by atoms with Gasteiger partial charge in [0.25, 0.3) is 0 Å². The number of thiazole rings is 1. The number of rotatable bonds is 5. The predicted octanol–water partition coefficient (Wildman–Crippen LogP) is 3.09. The minimum absolute atomic E-state index is 0.00742. The molecule has 0 amide bonds. The summed E-state index contributed by atoms with van der Waals surface area (Å²) >= 11 is 1.64. The summed E-state index contributed by atoms with van der Waals surface area (Å²) < 4.78 is 5.67. The van der Waals surface area contributed by atoms with Crippen LogP contribution in [0, 0.1) is 6.92 Å². The second kappa shape index (κ2) is 5.98. The number of aromatic nitrogens is 1. The van der Waals surface area contributed by atoms with Crippen molar-refractivity contribution in [3.8, 4) is 5.75 Å². The number of hydrogen-bond acceptors (Lipinski definition) is 4. The first-order valence-electron chi connectivity index (χ1n) is 6.04. The van der Waals surface area contributed by atoms with E-state index in [1.165, 1.54) is 5.56 Å². The van der Waals surface area contributed by atoms with Gasteiger partial charge < -0.3 is 10.5 Å². The van der Waals surface area contributed by atoms with Gasteiger partial charge in [-0.05, 0) is 26.0 Å². The van der Waals surface area contributed by atoms with Crippen molar-refractivity contribution in [3.63, 3.8) is 0 Å². The molecule has 1 atom stereocenters. The third-order valence-electron chi connectivity index (χ3n) is 2.64. The predicted molar refractivity (Wildman–Crippen MR) is 75.1 cm³/mol. The number of aryl methyl sites for hydroxylation is 1. The molecule has 3 nitrogen and oxygen atoms in total. The maximum Gasteiger partial charge on any atom is 0.119 e. The van der Waals surface area contributed by atoms with Gasteiger partial charge in [0, 0.05) is 17.8 Å². The first kappa shape index (κ1) is 13.1. The van der Waals surface area contributed by atoms with Crippen LogP contribution in [0.5, 0.6) is 5.75 Å². The zero-order chi connectivity index (χ0) is 13.0. The summed E-state index contributed by atoms with van der Waals surface area (Å²) in [5.41, 5.74) is 7.98. The molecule has 0 aliphatic carbocycles. The lowest BCUT2D eigenvalue weighted by Gasteiger charge is -2.05. The lowest BCUT2D eigenvalue weighted by Crippen LogP contribution is -2.06. The summed E-state index contributed by atoms with van der Waals surface area (Å²) in [6.07, 6.45) is 0.825. The third kappa shape index (κ3) is 3.55. The van der Waals surface area contributed by atoms with E-state index in [0.717, 1.165) is 22.9 Å². The second-order valence-corrected chi connectivity index (χ2v) is 5.31. The van der Waals surface area contributed by atoms with Crippen LogP contribution in [0.25, 0.3) is 0 Å². The van der Waals surface area contributed by atoms with Gasteiger partial charge in [0.15, 0.2) is 0 Å². The average Bonchev–Trinajstić information content (AvgIpc) is 2.81. The highest BCUT2D eigenvalue weighted by atomic mass is 32.1. The van der Waals surface area contributed by atoms with Gasteiger partial charge in [0.05, 0.1) is 17.3 Å². The molecule has 0 radical (unpaired) electrons. The quantitative estimate of drug-likeness (QED) is 0.900. The maximum atomic E-state index is 5.77. The number of nitrogens with two attached hydrogens (primary N) is 1. The fourth-order valence-electron chi connectivity index (χ4n) is 1.54. The van der Waals surface area contributed by atoms with Gasteiger partial charge in [-0.15, -0.1) is 11.3 Å². The first-order valence-corrected chi connectivity index (χ1v) is 6.92. The fourth-order valence-corrected chi connectivity index (χ4v) is 2.42. The number of hydrogen-bond donors (Lipinski definition) is 1. The number of nitrogens with zero attached hydrogens (tertiary/aromatic N) is 1. The summed E-state index contributed by atoms with van der Waals surface area (Å²) in [5, 5.41) is 3.10. The smallest absolute Gasteiger partial charge is 0.119 e. The Balaban J connectivity index is 1.82. The molecule has 2 aromatic rings. The van der Waals surface area contributed by atoms with Gasteiger partial charge in [-0.1, -0.05) is 17.7 Å². The van der Waals surface area contributed by atoms with E-state index in [0.29, 0.717) is 6.61 Å². The van der Waals surface area contributed by atoms with E-state index in [1.54, 1.807) is 11.3 Å². The molecule has 4 heteroatoms. The topological polar surface area (TPSA) is 48.1 Å². The molecule has 1 unspecified atom stereocenters. The summed E-state index contributed by atoms with van der Waals surface area (Å²) in [6, 6.07) is 8.09. The highest BCUT2D eigenvalue weighted by Crippen LogP contribution is 2.16. The third-order valence-corrected chi connectivity index (χ3v) is 3.57. The van der Waals surface area contributed by atoms with Crippen molar-refractivity contribution >= 4 is 11.3 Å². The average molecular weight is 262 g/mol. The van der Waals surface area contributed by atoms with Gasteiger partial charge in [0.1, 0.15) is 5.75 Å². The van der Waals surface area contributed by atoms with Crippen molar-refractivity contribution in [2.24, 2.45) is 5.73 Å². The summed E-state index contributed by atoms with van der Waals surface area (Å²) in [7, 11) is 0. The van der Waals surface area contributed by atoms with Crippen LogP contribution >= 0.6 is 11.3 Å². The van der Waals surface area contributed by atoms with Crippen LogP contribution in [0.15, 0.2) is 29.6 Å². The molecule has 96 valence electrons. The molecule has 0 fully saturated rings. The van der Waals surface area contributed by atoms with Crippen LogP contribution in [-0.2, 0) is 6.42 Å². The Bertz CT molecular complexity index is 491. The zero-order valence-electron chi connectivity index (χ0n) is 10.7. The van der Waals surface area contributed by atoms with Gasteiger partial charge in [-0.3, -0.25) is 0 Å². The lowest BCUT2D eigenvalue weighted by atomic mass is 10.2. The van der Waals surface area contributed by atoms with E-state index in [4.69, 9.17) is 10.5 Å². The summed E-state index contributed by atoms with van der Waals surface area (Å²) in [5.74, 6) is 0.907. The van der Waals surface area contributed by atoms with E-state index in [9.17, 15) is 0 Å². The minimum atomic E-state index is 0.00742. The Morgan fingerprint density at radius 2 is 2.06 bits per heavy atom. The molecular weight excluding hydrogens is 244 g/mol. The Labute approximate surface area is 112 Å². The first-order chi connectivity index (χ1) is 8.65. The molecule has 2 N–H and O–H groups in total. The van der Waals surface area contributed by atoms with Crippen LogP contribution in [0.3, 0.4) is 0 Å². The molecule has 0 bridgehead atoms. The molecule has 1 heterocycles. The largest absolute Gasteiger partial charge is 0.493 e. The molecule has 0 aliphatic rings. The van der Waals surface area contributed by atoms with E-state index >= 15 is 0 Å². The van der Waals surface area contributed by atoms with Crippen molar-refractivity contribution in [3.05, 3.63) is 45.9 Å². The van der Waals surface area contributed by atoms with Crippen molar-refractivity contribution in [1.82, 2.24) is 4.98 Å². The van der Waals surface area contributed by atoms with Gasteiger partial charge in [-0.25, -0.2) is 4.98 Å². The lowest BCUT2D eigenvalue weighted by molar-refractivity contribution is 0.321. The highest BCUT2D eigenvalue weighted by Gasteiger charge is 2.05. The summed E-state index contributed by atoms with van der Waals surface area (Å²) in [6.45, 7) is 4.66. The Hall–Kier alpha value is -1.39. The number of ether oxygens (including phenoxy) is 1. The molecule has 0 aliphatic heterocycles. The second-order valence-electron chi connectivity index (χ2n) is 4.37. The summed E-state index contributed by atoms with van der Waals surface area (Å²) in [4.78, 5) is 4.47. The van der Waals surface area contributed by atoms with Crippen molar-refractivity contribution in [2.45, 2.75) is 26.3 Å². The minimum Gasteiger partial charge on any atom is -0.493 e. The van der Waals surface area contributed by atoms with Gasteiger partial charge in [-0.2, -0.15) is 0 Å². The van der Waals surface area contributed by atoms with Crippen molar-refractivity contribution < 1.29 is 4.74 Å². The molecule has 1 aromatic carbocycles. The molecule has 18 heavy (non-hydrogen) atoms. The van der Waals surface area contributed by atoms with Crippen LogP contribution in [0.4, 0.5) is 0 Å². The molecule has 1 aromatic heterocycles. The fraction of sp³-hybridized carbons (Fsp3) is 0.357. The van der Waals surface area contributed by atoms with Crippen molar-refractivity contribution in [2.75, 3.05) is 6.61 Å². The van der Waals surface area contributed by atoms with Gasteiger partial charge >= 0.3 is 0 Å². The van der Waals surface area contributed by atoms with E-state index < -0.39 is 0 Å². The molecule has 0 spiro atoms. The molecular formula is C14H18N2OS. The zero-order valence-corrected chi connectivity index (χ0v) is 11.5. The normalized spacial score (nSPS) is 12.4. The van der Waals surface area contributed by atoms with E-state index in [1.807, 2.05) is 36.6 Å². The standard InChI is InChI=1S/C14H18N2OS/c1-10-3-5-12(6-4-10)17-8-7-14-16-13(9-18-14)11(2)15/h3-6,9,11H,7-8,15H2,1-2H3. The van der Waals surface area contributed by atoms with E-state index in [2.05, 4.69) is 11.9 Å². The van der Waals surface area contributed by atoms with E-state index in [-0.39, 0.29) is 6.04 Å². The van der Waals surface area contributed by atoms with Crippen molar-refractivity contribution in [1.29, 1.82) is 0 Å². The Morgan fingerprint density at radius 1 is 1.33 bits per heavy atom.